The van der Waals surface area contributed by atoms with Crippen molar-refractivity contribution in [1.82, 2.24) is 5.32 Å². The molecule has 0 aliphatic carbocycles. The Labute approximate surface area is 84.6 Å². The molecule has 14 heavy (non-hydrogen) atoms. The third-order valence-corrected chi connectivity index (χ3v) is 1.82. The number of carbonyl (C=O) groups is 1. The van der Waals surface area contributed by atoms with E-state index in [9.17, 15) is 4.79 Å². The van der Waals surface area contributed by atoms with Crippen LogP contribution >= 0.6 is 0 Å². The molecule has 0 radical (unpaired) electrons. The highest BCUT2D eigenvalue weighted by atomic mass is 16.1. The summed E-state index contributed by atoms with van der Waals surface area (Å²) in [4.78, 5) is 11.1. The maximum absolute atomic E-state index is 11.1. The van der Waals surface area contributed by atoms with Gasteiger partial charge in [-0.15, -0.1) is 0 Å². The van der Waals surface area contributed by atoms with Gasteiger partial charge in [0.15, 0.2) is 0 Å². The van der Waals surface area contributed by atoms with Crippen molar-refractivity contribution >= 4 is 12.0 Å². The molecule has 74 valence electrons. The van der Waals surface area contributed by atoms with E-state index in [0.29, 0.717) is 6.54 Å². The first kappa shape index (κ1) is 10.5. The van der Waals surface area contributed by atoms with Gasteiger partial charge in [-0.2, -0.15) is 0 Å². The number of hydrogen-bond acceptors (Lipinski definition) is 1. The molecule has 0 saturated carbocycles. The highest BCUT2D eigenvalue weighted by molar-refractivity contribution is 5.91. The van der Waals surface area contributed by atoms with Crippen molar-refractivity contribution in [3.8, 4) is 0 Å². The van der Waals surface area contributed by atoms with Crippen molar-refractivity contribution in [2.75, 3.05) is 6.54 Å². The average Bonchev–Trinajstić information content (AvgIpc) is 2.15. The van der Waals surface area contributed by atoms with E-state index >= 15 is 0 Å². The van der Waals surface area contributed by atoms with Crippen LogP contribution in [0.1, 0.15) is 18.1 Å². The lowest BCUT2D eigenvalue weighted by Crippen LogP contribution is -2.19. The highest BCUT2D eigenvalue weighted by Crippen LogP contribution is 2.05. The number of amides is 1. The van der Waals surface area contributed by atoms with Gasteiger partial charge in [0.25, 0.3) is 0 Å². The van der Waals surface area contributed by atoms with Crippen LogP contribution in [0.3, 0.4) is 0 Å². The SMILES string of the molecule is CCNC(=O)C=Cc1cccc(C)c1. The van der Waals surface area contributed by atoms with Crippen LogP contribution in [0.2, 0.25) is 0 Å². The van der Waals surface area contributed by atoms with E-state index in [0.717, 1.165) is 5.56 Å². The standard InChI is InChI=1S/C12H15NO/c1-3-13-12(14)8-7-11-6-4-5-10(2)9-11/h4-9H,3H2,1-2H3,(H,13,14). The zero-order valence-corrected chi connectivity index (χ0v) is 8.58. The van der Waals surface area contributed by atoms with Crippen LogP contribution in [-0.2, 0) is 4.79 Å². The normalized spacial score (nSPS) is 10.4. The summed E-state index contributed by atoms with van der Waals surface area (Å²) < 4.78 is 0. The monoisotopic (exact) mass is 189 g/mol. The molecule has 1 amide bonds. The molecule has 1 rings (SSSR count). The Bertz CT molecular complexity index is 342. The van der Waals surface area contributed by atoms with Crippen molar-refractivity contribution in [2.24, 2.45) is 0 Å². The van der Waals surface area contributed by atoms with Crippen molar-refractivity contribution in [3.63, 3.8) is 0 Å². The number of carbonyl (C=O) groups excluding carboxylic acids is 1. The van der Waals surface area contributed by atoms with E-state index in [-0.39, 0.29) is 5.91 Å². The van der Waals surface area contributed by atoms with Gasteiger partial charge in [0.2, 0.25) is 5.91 Å². The number of aryl methyl sites for hydroxylation is 1. The Kier molecular flexibility index (Phi) is 3.92. The maximum Gasteiger partial charge on any atom is 0.243 e. The van der Waals surface area contributed by atoms with Gasteiger partial charge in [-0.25, -0.2) is 0 Å². The molecule has 2 nitrogen and oxygen atoms in total. The zero-order valence-electron chi connectivity index (χ0n) is 8.58. The topological polar surface area (TPSA) is 29.1 Å². The molecule has 1 N–H and O–H groups in total. The number of likely N-dealkylation sites (N-methyl/N-ethyl adjacent to an activating group) is 1. The predicted molar refractivity (Wildman–Crippen MR) is 58.9 cm³/mol. The molecule has 0 bridgehead atoms. The molecular formula is C12H15NO. The molecular weight excluding hydrogens is 174 g/mol. The number of benzene rings is 1. The lowest BCUT2D eigenvalue weighted by Gasteiger charge is -1.96. The molecule has 0 aliphatic rings. The molecule has 0 aromatic heterocycles. The molecule has 2 heteroatoms. The summed E-state index contributed by atoms with van der Waals surface area (Å²) in [5.41, 5.74) is 2.25. The lowest BCUT2D eigenvalue weighted by molar-refractivity contribution is -0.116. The maximum atomic E-state index is 11.1. The van der Waals surface area contributed by atoms with Gasteiger partial charge < -0.3 is 5.32 Å². The van der Waals surface area contributed by atoms with Crippen LogP contribution in [0.5, 0.6) is 0 Å². The molecule has 0 aliphatic heterocycles. The molecule has 0 unspecified atom stereocenters. The Hall–Kier alpha value is -1.57. The second-order valence-corrected chi connectivity index (χ2v) is 3.14. The Balaban J connectivity index is 2.64. The Morgan fingerprint density at radius 2 is 2.29 bits per heavy atom. The molecule has 0 spiro atoms. The van der Waals surface area contributed by atoms with Crippen molar-refractivity contribution in [1.29, 1.82) is 0 Å². The lowest BCUT2D eigenvalue weighted by atomic mass is 10.1. The molecule has 0 fully saturated rings. The summed E-state index contributed by atoms with van der Waals surface area (Å²) in [5, 5.41) is 2.70. The first-order valence-corrected chi connectivity index (χ1v) is 4.75. The first-order chi connectivity index (χ1) is 6.72. The Morgan fingerprint density at radius 3 is 2.93 bits per heavy atom. The minimum Gasteiger partial charge on any atom is -0.353 e. The minimum absolute atomic E-state index is 0.0472. The second-order valence-electron chi connectivity index (χ2n) is 3.14. The van der Waals surface area contributed by atoms with Crippen LogP contribution in [0, 0.1) is 6.92 Å². The van der Waals surface area contributed by atoms with Gasteiger partial charge in [0.05, 0.1) is 0 Å². The summed E-state index contributed by atoms with van der Waals surface area (Å²) in [6.07, 6.45) is 3.37. The number of nitrogens with one attached hydrogen (secondary N) is 1. The van der Waals surface area contributed by atoms with Gasteiger partial charge in [-0.05, 0) is 25.5 Å². The third-order valence-electron chi connectivity index (χ3n) is 1.82. The van der Waals surface area contributed by atoms with Crippen LogP contribution in [0.25, 0.3) is 6.08 Å². The highest BCUT2D eigenvalue weighted by Gasteiger charge is 1.91. The van der Waals surface area contributed by atoms with E-state index in [1.54, 1.807) is 6.08 Å². The largest absolute Gasteiger partial charge is 0.353 e. The van der Waals surface area contributed by atoms with E-state index in [4.69, 9.17) is 0 Å². The quantitative estimate of drug-likeness (QED) is 0.725. The minimum atomic E-state index is -0.0472. The summed E-state index contributed by atoms with van der Waals surface area (Å²) in [5.74, 6) is -0.0472. The fraction of sp³-hybridized carbons (Fsp3) is 0.250. The summed E-state index contributed by atoms with van der Waals surface area (Å²) in [6.45, 7) is 4.60. The van der Waals surface area contributed by atoms with Gasteiger partial charge in [-0.1, -0.05) is 29.8 Å². The molecule has 0 saturated heterocycles. The summed E-state index contributed by atoms with van der Waals surface area (Å²) >= 11 is 0. The molecule has 0 atom stereocenters. The predicted octanol–water partition coefficient (Wildman–Crippen LogP) is 2.14. The fourth-order valence-corrected chi connectivity index (χ4v) is 1.18. The van der Waals surface area contributed by atoms with Gasteiger partial charge in [0.1, 0.15) is 0 Å². The molecule has 1 aromatic rings. The van der Waals surface area contributed by atoms with Gasteiger partial charge in [0, 0.05) is 12.6 Å². The van der Waals surface area contributed by atoms with Crippen molar-refractivity contribution in [2.45, 2.75) is 13.8 Å². The number of rotatable bonds is 3. The summed E-state index contributed by atoms with van der Waals surface area (Å²) in [7, 11) is 0. The number of hydrogen-bond donors (Lipinski definition) is 1. The van der Waals surface area contributed by atoms with Gasteiger partial charge in [-0.3, -0.25) is 4.79 Å². The first-order valence-electron chi connectivity index (χ1n) is 4.75. The Morgan fingerprint density at radius 1 is 1.50 bits per heavy atom. The van der Waals surface area contributed by atoms with E-state index in [2.05, 4.69) is 5.32 Å². The molecule has 1 aromatic carbocycles. The second kappa shape index (κ2) is 5.22. The smallest absolute Gasteiger partial charge is 0.243 e. The van der Waals surface area contributed by atoms with Crippen LogP contribution < -0.4 is 5.32 Å². The fourth-order valence-electron chi connectivity index (χ4n) is 1.18. The molecule has 0 heterocycles. The van der Waals surface area contributed by atoms with E-state index < -0.39 is 0 Å². The van der Waals surface area contributed by atoms with Crippen molar-refractivity contribution < 1.29 is 4.79 Å². The van der Waals surface area contributed by atoms with E-state index in [1.807, 2.05) is 44.2 Å². The van der Waals surface area contributed by atoms with Crippen LogP contribution in [-0.4, -0.2) is 12.5 Å². The van der Waals surface area contributed by atoms with Crippen LogP contribution in [0.4, 0.5) is 0 Å². The average molecular weight is 189 g/mol. The summed E-state index contributed by atoms with van der Waals surface area (Å²) in [6, 6.07) is 8.02. The van der Waals surface area contributed by atoms with Crippen molar-refractivity contribution in [3.05, 3.63) is 41.5 Å². The van der Waals surface area contributed by atoms with Crippen LogP contribution in [0.15, 0.2) is 30.3 Å². The zero-order chi connectivity index (χ0) is 10.4. The van der Waals surface area contributed by atoms with Gasteiger partial charge >= 0.3 is 0 Å². The third kappa shape index (κ3) is 3.44. The van der Waals surface area contributed by atoms with E-state index in [1.165, 1.54) is 5.56 Å².